The van der Waals surface area contributed by atoms with Gasteiger partial charge in [0.05, 0.1) is 0 Å². The van der Waals surface area contributed by atoms with E-state index in [0.717, 1.165) is 24.2 Å². The Morgan fingerprint density at radius 1 is 1.18 bits per heavy atom. The minimum Gasteiger partial charge on any atom is -0.347 e. The predicted octanol–water partition coefficient (Wildman–Crippen LogP) is 4.42. The largest absolute Gasteiger partial charge is 0.347 e. The van der Waals surface area contributed by atoms with Crippen molar-refractivity contribution in [3.8, 4) is 0 Å². The summed E-state index contributed by atoms with van der Waals surface area (Å²) in [6, 6.07) is 8.13. The summed E-state index contributed by atoms with van der Waals surface area (Å²) in [6.45, 7) is 10.4. The van der Waals surface area contributed by atoms with Crippen molar-refractivity contribution in [3.05, 3.63) is 30.5 Å². The number of fused-ring (bicyclic) bond motifs is 1. The van der Waals surface area contributed by atoms with Crippen molar-refractivity contribution in [1.29, 1.82) is 0 Å². The number of aromatic nitrogens is 1. The molecule has 0 aliphatic carbocycles. The Bertz CT molecular complexity index is 643. The van der Waals surface area contributed by atoms with Gasteiger partial charge in [0.25, 0.3) is 0 Å². The molecular weight excluding hydrogens is 274 g/mol. The molecule has 0 saturated heterocycles. The van der Waals surface area contributed by atoms with Gasteiger partial charge in [-0.2, -0.15) is 0 Å². The van der Waals surface area contributed by atoms with Crippen LogP contribution in [0.2, 0.25) is 0 Å². The molecule has 4 heteroatoms. The number of anilines is 1. The third kappa shape index (κ3) is 4.03. The smallest absolute Gasteiger partial charge is 0.321 e. The second-order valence-electron chi connectivity index (χ2n) is 6.84. The molecule has 0 aliphatic heterocycles. The normalized spacial score (nSPS) is 11.4. The van der Waals surface area contributed by atoms with Gasteiger partial charge in [-0.05, 0) is 36.1 Å². The molecule has 1 N–H and O–H groups in total. The fourth-order valence-electron chi connectivity index (χ4n) is 2.68. The number of nitrogens with one attached hydrogen (secondary N) is 1. The molecule has 120 valence electrons. The van der Waals surface area contributed by atoms with Crippen LogP contribution in [0.25, 0.3) is 10.9 Å². The highest BCUT2D eigenvalue weighted by Gasteiger charge is 2.11. The maximum absolute atomic E-state index is 12.1. The zero-order chi connectivity index (χ0) is 16.3. The standard InChI is InChI=1S/C18H27N3O/c1-13(2)11-20(5)18(22)19-16-6-7-17-15(10-16)8-9-21(17)12-14(3)4/h6-10,13-14H,11-12H2,1-5H3,(H,19,22). The highest BCUT2D eigenvalue weighted by molar-refractivity contribution is 5.92. The van der Waals surface area contributed by atoms with Crippen LogP contribution in [0, 0.1) is 11.8 Å². The van der Waals surface area contributed by atoms with Crippen LogP contribution in [0.1, 0.15) is 27.7 Å². The monoisotopic (exact) mass is 301 g/mol. The molecule has 0 unspecified atom stereocenters. The molecule has 2 amide bonds. The predicted molar refractivity (Wildman–Crippen MR) is 93.3 cm³/mol. The van der Waals surface area contributed by atoms with Gasteiger partial charge in [-0.1, -0.05) is 27.7 Å². The molecule has 1 aromatic heterocycles. The van der Waals surface area contributed by atoms with E-state index in [4.69, 9.17) is 0 Å². The number of carbonyl (C=O) groups excluding carboxylic acids is 1. The fraction of sp³-hybridized carbons (Fsp3) is 0.500. The minimum absolute atomic E-state index is 0.0605. The minimum atomic E-state index is -0.0605. The molecule has 0 radical (unpaired) electrons. The molecule has 0 saturated carbocycles. The summed E-state index contributed by atoms with van der Waals surface area (Å²) >= 11 is 0. The Kier molecular flexibility index (Phi) is 5.11. The Morgan fingerprint density at radius 3 is 2.55 bits per heavy atom. The van der Waals surface area contributed by atoms with E-state index in [9.17, 15) is 4.79 Å². The third-order valence-electron chi connectivity index (χ3n) is 3.57. The average molecular weight is 301 g/mol. The lowest BCUT2D eigenvalue weighted by molar-refractivity contribution is 0.217. The summed E-state index contributed by atoms with van der Waals surface area (Å²) in [6.07, 6.45) is 2.11. The number of hydrogen-bond acceptors (Lipinski definition) is 1. The molecule has 22 heavy (non-hydrogen) atoms. The number of amides is 2. The Hall–Kier alpha value is -1.97. The maximum atomic E-state index is 12.1. The van der Waals surface area contributed by atoms with E-state index in [2.05, 4.69) is 55.9 Å². The van der Waals surface area contributed by atoms with E-state index in [-0.39, 0.29) is 6.03 Å². The highest BCUT2D eigenvalue weighted by atomic mass is 16.2. The molecule has 4 nitrogen and oxygen atoms in total. The van der Waals surface area contributed by atoms with Crippen molar-refractivity contribution in [2.75, 3.05) is 18.9 Å². The first-order valence-electron chi connectivity index (χ1n) is 7.98. The second kappa shape index (κ2) is 6.86. The van der Waals surface area contributed by atoms with Crippen LogP contribution in [-0.2, 0) is 6.54 Å². The Labute approximate surface area is 133 Å². The second-order valence-corrected chi connectivity index (χ2v) is 6.84. The van der Waals surface area contributed by atoms with Crippen LogP contribution in [0.15, 0.2) is 30.5 Å². The molecule has 0 fully saturated rings. The SMILES string of the molecule is CC(C)CN(C)C(=O)Nc1ccc2c(ccn2CC(C)C)c1. The summed E-state index contributed by atoms with van der Waals surface area (Å²) in [5, 5.41) is 4.12. The van der Waals surface area contributed by atoms with E-state index in [1.165, 1.54) is 5.52 Å². The van der Waals surface area contributed by atoms with Crippen molar-refractivity contribution in [1.82, 2.24) is 9.47 Å². The molecule has 2 rings (SSSR count). The Balaban J connectivity index is 2.12. The summed E-state index contributed by atoms with van der Waals surface area (Å²) in [5.74, 6) is 1.07. The van der Waals surface area contributed by atoms with Crippen LogP contribution < -0.4 is 5.32 Å². The lowest BCUT2D eigenvalue weighted by Crippen LogP contribution is -2.34. The molecule has 0 bridgehead atoms. The molecule has 0 spiro atoms. The Morgan fingerprint density at radius 2 is 1.91 bits per heavy atom. The van der Waals surface area contributed by atoms with Gasteiger partial charge >= 0.3 is 6.03 Å². The van der Waals surface area contributed by atoms with E-state index < -0.39 is 0 Å². The van der Waals surface area contributed by atoms with E-state index in [1.807, 2.05) is 19.2 Å². The van der Waals surface area contributed by atoms with Gasteiger partial charge in [-0.15, -0.1) is 0 Å². The average Bonchev–Trinajstić information content (AvgIpc) is 2.79. The van der Waals surface area contributed by atoms with Crippen LogP contribution in [0.5, 0.6) is 0 Å². The van der Waals surface area contributed by atoms with Crippen LogP contribution in [0.3, 0.4) is 0 Å². The van der Waals surface area contributed by atoms with Crippen molar-refractivity contribution in [2.24, 2.45) is 11.8 Å². The number of hydrogen-bond donors (Lipinski definition) is 1. The maximum Gasteiger partial charge on any atom is 0.321 e. The molecule has 1 aromatic carbocycles. The van der Waals surface area contributed by atoms with Crippen LogP contribution >= 0.6 is 0 Å². The number of nitrogens with zero attached hydrogens (tertiary/aromatic N) is 2. The summed E-state index contributed by atoms with van der Waals surface area (Å²) < 4.78 is 2.26. The molecule has 0 aliphatic rings. The summed E-state index contributed by atoms with van der Waals surface area (Å²) in [7, 11) is 1.83. The molecule has 2 aromatic rings. The van der Waals surface area contributed by atoms with Crippen molar-refractivity contribution in [2.45, 2.75) is 34.2 Å². The first kappa shape index (κ1) is 16.4. The van der Waals surface area contributed by atoms with Gasteiger partial charge in [0.1, 0.15) is 0 Å². The molecule has 0 atom stereocenters. The topological polar surface area (TPSA) is 37.3 Å². The van der Waals surface area contributed by atoms with Gasteiger partial charge in [-0.25, -0.2) is 4.79 Å². The van der Waals surface area contributed by atoms with E-state index in [0.29, 0.717) is 11.8 Å². The first-order valence-corrected chi connectivity index (χ1v) is 7.98. The van der Waals surface area contributed by atoms with Gasteiger partial charge in [0.2, 0.25) is 0 Å². The van der Waals surface area contributed by atoms with Crippen LogP contribution in [0.4, 0.5) is 10.5 Å². The third-order valence-corrected chi connectivity index (χ3v) is 3.57. The fourth-order valence-corrected chi connectivity index (χ4v) is 2.68. The zero-order valence-electron chi connectivity index (χ0n) is 14.3. The summed E-state index contributed by atoms with van der Waals surface area (Å²) in [5.41, 5.74) is 2.05. The molecular formula is C18H27N3O. The van der Waals surface area contributed by atoms with Gasteiger partial charge in [-0.3, -0.25) is 0 Å². The number of carbonyl (C=O) groups is 1. The van der Waals surface area contributed by atoms with Gasteiger partial charge in [0, 0.05) is 42.9 Å². The van der Waals surface area contributed by atoms with Gasteiger partial charge < -0.3 is 14.8 Å². The lowest BCUT2D eigenvalue weighted by Gasteiger charge is -2.20. The van der Waals surface area contributed by atoms with Crippen molar-refractivity contribution < 1.29 is 4.79 Å². The number of benzene rings is 1. The highest BCUT2D eigenvalue weighted by Crippen LogP contribution is 2.21. The zero-order valence-corrected chi connectivity index (χ0v) is 14.3. The van der Waals surface area contributed by atoms with Crippen LogP contribution in [-0.4, -0.2) is 29.1 Å². The number of rotatable bonds is 5. The van der Waals surface area contributed by atoms with Gasteiger partial charge in [0.15, 0.2) is 0 Å². The number of urea groups is 1. The summed E-state index contributed by atoms with van der Waals surface area (Å²) in [4.78, 5) is 13.9. The lowest BCUT2D eigenvalue weighted by atomic mass is 10.2. The quantitative estimate of drug-likeness (QED) is 0.872. The van der Waals surface area contributed by atoms with Crippen molar-refractivity contribution in [3.63, 3.8) is 0 Å². The molecule has 1 heterocycles. The van der Waals surface area contributed by atoms with Crippen molar-refractivity contribution >= 4 is 22.6 Å². The first-order chi connectivity index (χ1) is 10.4. The van der Waals surface area contributed by atoms with E-state index in [1.54, 1.807) is 4.90 Å². The van der Waals surface area contributed by atoms with E-state index >= 15 is 0 Å².